The van der Waals surface area contributed by atoms with Gasteiger partial charge in [-0.25, -0.2) is 0 Å². The van der Waals surface area contributed by atoms with E-state index in [0.717, 1.165) is 25.7 Å². The summed E-state index contributed by atoms with van der Waals surface area (Å²) in [5.74, 6) is 0.109. The Hall–Kier alpha value is -2.31. The van der Waals surface area contributed by atoms with Crippen molar-refractivity contribution in [3.05, 3.63) is 28.3 Å². The summed E-state index contributed by atoms with van der Waals surface area (Å²) in [5, 5.41) is 11.5. The molecule has 1 atom stereocenters. The summed E-state index contributed by atoms with van der Waals surface area (Å²) in [7, 11) is 0. The number of nitro groups is 1. The third-order valence-electron chi connectivity index (χ3n) is 3.99. The molecule has 23 heavy (non-hydrogen) atoms. The number of amides is 1. The Morgan fingerprint density at radius 2 is 2.26 bits per heavy atom. The first kappa shape index (κ1) is 17.1. The summed E-state index contributed by atoms with van der Waals surface area (Å²) < 4.78 is 5.48. The molecular weight excluding hydrogens is 298 g/mol. The van der Waals surface area contributed by atoms with Crippen LogP contribution in [0.25, 0.3) is 0 Å². The molecule has 1 amide bonds. The number of ether oxygens (including phenoxy) is 1. The largest absolute Gasteiger partial charge is 0.493 e. The van der Waals surface area contributed by atoms with Gasteiger partial charge in [0.25, 0.3) is 5.69 Å². The molecule has 7 heteroatoms. The number of anilines is 1. The topological polar surface area (TPSA) is 98.7 Å². The normalized spacial score (nSPS) is 17.8. The molecule has 1 heterocycles. The molecule has 1 fully saturated rings. The maximum Gasteiger partial charge on any atom is 0.296 e. The number of hydrogen-bond acceptors (Lipinski definition) is 5. The van der Waals surface area contributed by atoms with Crippen molar-refractivity contribution in [2.45, 2.75) is 45.1 Å². The molecule has 2 N–H and O–H groups in total. The first-order valence-corrected chi connectivity index (χ1v) is 7.99. The molecule has 1 saturated heterocycles. The van der Waals surface area contributed by atoms with E-state index in [4.69, 9.17) is 10.5 Å². The number of rotatable bonds is 7. The second-order valence-corrected chi connectivity index (χ2v) is 5.77. The highest BCUT2D eigenvalue weighted by Gasteiger charge is 2.29. The Kier molecular flexibility index (Phi) is 5.78. The van der Waals surface area contributed by atoms with Crippen molar-refractivity contribution in [1.29, 1.82) is 0 Å². The van der Waals surface area contributed by atoms with E-state index in [1.165, 1.54) is 6.07 Å². The lowest BCUT2D eigenvalue weighted by molar-refractivity contribution is -0.384. The van der Waals surface area contributed by atoms with Crippen LogP contribution in [-0.2, 0) is 4.79 Å². The quantitative estimate of drug-likeness (QED) is 0.615. The van der Waals surface area contributed by atoms with Crippen molar-refractivity contribution in [2.24, 2.45) is 5.73 Å². The van der Waals surface area contributed by atoms with Crippen LogP contribution >= 0.6 is 0 Å². The SMILES string of the molecule is CCCOc1ccc(N2CCCC[C@H]2CC(N)=O)c([N+](=O)[O-])c1. The van der Waals surface area contributed by atoms with E-state index in [2.05, 4.69) is 0 Å². The summed E-state index contributed by atoms with van der Waals surface area (Å²) in [4.78, 5) is 24.3. The van der Waals surface area contributed by atoms with Gasteiger partial charge < -0.3 is 15.4 Å². The second-order valence-electron chi connectivity index (χ2n) is 5.77. The van der Waals surface area contributed by atoms with Gasteiger partial charge in [0, 0.05) is 19.0 Å². The predicted octanol–water partition coefficient (Wildman–Crippen LogP) is 2.62. The molecule has 1 aliphatic heterocycles. The number of primary amides is 1. The summed E-state index contributed by atoms with van der Waals surface area (Å²) in [6, 6.07) is 4.83. The number of nitrogens with zero attached hydrogens (tertiary/aromatic N) is 2. The van der Waals surface area contributed by atoms with E-state index in [-0.39, 0.29) is 24.1 Å². The summed E-state index contributed by atoms with van der Waals surface area (Å²) in [6.45, 7) is 3.18. The molecule has 2 rings (SSSR count). The Labute approximate surface area is 135 Å². The van der Waals surface area contributed by atoms with E-state index < -0.39 is 4.92 Å². The molecule has 0 unspecified atom stereocenters. The summed E-state index contributed by atoms with van der Waals surface area (Å²) in [5.41, 5.74) is 5.86. The zero-order chi connectivity index (χ0) is 16.8. The minimum absolute atomic E-state index is 0.00923. The summed E-state index contributed by atoms with van der Waals surface area (Å²) >= 11 is 0. The van der Waals surface area contributed by atoms with Gasteiger partial charge in [0.05, 0.1) is 17.6 Å². The van der Waals surface area contributed by atoms with Gasteiger partial charge in [-0.1, -0.05) is 6.92 Å². The van der Waals surface area contributed by atoms with Gasteiger partial charge in [-0.15, -0.1) is 0 Å². The molecule has 0 saturated carbocycles. The average molecular weight is 321 g/mol. The van der Waals surface area contributed by atoms with E-state index in [9.17, 15) is 14.9 Å². The highest BCUT2D eigenvalue weighted by molar-refractivity contribution is 5.76. The van der Waals surface area contributed by atoms with Crippen LogP contribution in [0.5, 0.6) is 5.75 Å². The molecular formula is C16H23N3O4. The van der Waals surface area contributed by atoms with Crippen molar-refractivity contribution >= 4 is 17.3 Å². The predicted molar refractivity (Wildman–Crippen MR) is 87.7 cm³/mol. The number of carbonyl (C=O) groups excluding carboxylic acids is 1. The third-order valence-corrected chi connectivity index (χ3v) is 3.99. The van der Waals surface area contributed by atoms with Crippen molar-refractivity contribution in [3.63, 3.8) is 0 Å². The van der Waals surface area contributed by atoms with Crippen molar-refractivity contribution in [3.8, 4) is 5.75 Å². The highest BCUT2D eigenvalue weighted by Crippen LogP contribution is 2.36. The highest BCUT2D eigenvalue weighted by atomic mass is 16.6. The Morgan fingerprint density at radius 3 is 2.91 bits per heavy atom. The smallest absolute Gasteiger partial charge is 0.296 e. The molecule has 0 radical (unpaired) electrons. The van der Waals surface area contributed by atoms with Crippen LogP contribution in [0.2, 0.25) is 0 Å². The van der Waals surface area contributed by atoms with Crippen LogP contribution in [0.1, 0.15) is 39.0 Å². The van der Waals surface area contributed by atoms with Gasteiger partial charge in [0.1, 0.15) is 11.4 Å². The fourth-order valence-electron chi connectivity index (χ4n) is 2.96. The number of hydrogen-bond donors (Lipinski definition) is 1. The van der Waals surface area contributed by atoms with Crippen LogP contribution in [0, 0.1) is 10.1 Å². The average Bonchev–Trinajstić information content (AvgIpc) is 2.52. The van der Waals surface area contributed by atoms with Gasteiger partial charge in [0.2, 0.25) is 5.91 Å². The number of nitrogens with two attached hydrogens (primary N) is 1. The van der Waals surface area contributed by atoms with Gasteiger partial charge >= 0.3 is 0 Å². The van der Waals surface area contributed by atoms with Crippen LogP contribution in [0.15, 0.2) is 18.2 Å². The minimum Gasteiger partial charge on any atom is -0.493 e. The molecule has 7 nitrogen and oxygen atoms in total. The number of carbonyl (C=O) groups is 1. The molecule has 1 aliphatic rings. The molecule has 126 valence electrons. The number of piperidine rings is 1. The van der Waals surface area contributed by atoms with Crippen LogP contribution in [0.3, 0.4) is 0 Å². The molecule has 0 aromatic heterocycles. The standard InChI is InChI=1S/C16H23N3O4/c1-2-9-23-13-6-7-14(15(11-13)19(21)22)18-8-4-3-5-12(18)10-16(17)20/h6-7,11-12H,2-5,8-10H2,1H3,(H2,17,20)/t12-/m0/s1. The van der Waals surface area contributed by atoms with Gasteiger partial charge in [0.15, 0.2) is 0 Å². The molecule has 0 bridgehead atoms. The maximum absolute atomic E-state index is 11.5. The Morgan fingerprint density at radius 1 is 1.48 bits per heavy atom. The molecule has 0 spiro atoms. The maximum atomic E-state index is 11.5. The van der Waals surface area contributed by atoms with E-state index in [1.54, 1.807) is 12.1 Å². The van der Waals surface area contributed by atoms with E-state index in [1.807, 2.05) is 11.8 Å². The zero-order valence-electron chi connectivity index (χ0n) is 13.4. The lowest BCUT2D eigenvalue weighted by atomic mass is 9.98. The van der Waals surface area contributed by atoms with Crippen LogP contribution < -0.4 is 15.4 Å². The first-order valence-electron chi connectivity index (χ1n) is 7.99. The minimum atomic E-state index is -0.399. The van der Waals surface area contributed by atoms with Crippen molar-refractivity contribution in [1.82, 2.24) is 0 Å². The fraction of sp³-hybridized carbons (Fsp3) is 0.562. The monoisotopic (exact) mass is 321 g/mol. The summed E-state index contributed by atoms with van der Waals surface area (Å²) in [6.07, 6.45) is 3.81. The first-order chi connectivity index (χ1) is 11.0. The van der Waals surface area contributed by atoms with Crippen LogP contribution in [-0.4, -0.2) is 30.0 Å². The Bertz CT molecular complexity index is 576. The Balaban J connectivity index is 2.31. The van der Waals surface area contributed by atoms with Gasteiger partial charge in [-0.05, 0) is 37.8 Å². The lowest BCUT2D eigenvalue weighted by Gasteiger charge is -2.36. The van der Waals surface area contributed by atoms with Gasteiger partial charge in [-0.3, -0.25) is 14.9 Å². The zero-order valence-corrected chi connectivity index (χ0v) is 13.4. The number of benzene rings is 1. The van der Waals surface area contributed by atoms with Crippen molar-refractivity contribution in [2.75, 3.05) is 18.1 Å². The van der Waals surface area contributed by atoms with E-state index in [0.29, 0.717) is 24.6 Å². The van der Waals surface area contributed by atoms with Crippen LogP contribution in [0.4, 0.5) is 11.4 Å². The second kappa shape index (κ2) is 7.80. The third kappa shape index (κ3) is 4.34. The van der Waals surface area contributed by atoms with Crippen molar-refractivity contribution < 1.29 is 14.5 Å². The number of nitro benzene ring substituents is 1. The molecule has 0 aliphatic carbocycles. The van der Waals surface area contributed by atoms with Gasteiger partial charge in [-0.2, -0.15) is 0 Å². The molecule has 1 aromatic rings. The molecule has 1 aromatic carbocycles. The lowest BCUT2D eigenvalue weighted by Crippen LogP contribution is -2.42. The van der Waals surface area contributed by atoms with E-state index >= 15 is 0 Å². The fourth-order valence-corrected chi connectivity index (χ4v) is 2.96.